The van der Waals surface area contributed by atoms with Crippen molar-refractivity contribution in [3.05, 3.63) is 98.4 Å². The van der Waals surface area contributed by atoms with Gasteiger partial charge in [0.25, 0.3) is 5.91 Å². The maximum absolute atomic E-state index is 12.4. The summed E-state index contributed by atoms with van der Waals surface area (Å²) >= 11 is 14.1. The Labute approximate surface area is 194 Å². The van der Waals surface area contributed by atoms with E-state index in [1.165, 1.54) is 11.8 Å². The van der Waals surface area contributed by atoms with Gasteiger partial charge in [-0.25, -0.2) is 4.99 Å². The van der Waals surface area contributed by atoms with Crippen molar-refractivity contribution >= 4 is 57.8 Å². The molecule has 3 aromatic carbocycles. The first-order chi connectivity index (χ1) is 15.0. The third-order valence-corrected chi connectivity index (χ3v) is 5.93. The Morgan fingerprint density at radius 2 is 1.71 bits per heavy atom. The molecular formula is C24H18Cl2N2O2S. The number of carbonyl (C=O) groups excluding carboxylic acids is 1. The summed E-state index contributed by atoms with van der Waals surface area (Å²) in [6.45, 7) is 2.37. The molecule has 1 heterocycles. The highest BCUT2D eigenvalue weighted by molar-refractivity contribution is 8.18. The smallest absolute Gasteiger partial charge is 0.264 e. The van der Waals surface area contributed by atoms with Crippen LogP contribution in [0.25, 0.3) is 6.08 Å². The highest BCUT2D eigenvalue weighted by Gasteiger charge is 2.24. The Morgan fingerprint density at radius 3 is 2.39 bits per heavy atom. The molecule has 4 rings (SSSR count). The lowest BCUT2D eigenvalue weighted by Gasteiger charge is -2.11. The summed E-state index contributed by atoms with van der Waals surface area (Å²) in [7, 11) is 0. The molecule has 7 heteroatoms. The minimum absolute atomic E-state index is 0.215. The molecule has 3 aromatic rings. The number of aryl methyl sites for hydroxylation is 1. The first-order valence-electron chi connectivity index (χ1n) is 9.50. The topological polar surface area (TPSA) is 50.7 Å². The molecule has 1 aliphatic rings. The number of nitrogens with one attached hydrogen (secondary N) is 1. The molecule has 0 bridgehead atoms. The van der Waals surface area contributed by atoms with Crippen LogP contribution in [-0.2, 0) is 11.4 Å². The van der Waals surface area contributed by atoms with Gasteiger partial charge in [0.15, 0.2) is 10.9 Å². The third kappa shape index (κ3) is 5.50. The highest BCUT2D eigenvalue weighted by atomic mass is 35.5. The van der Waals surface area contributed by atoms with Crippen LogP contribution in [0.1, 0.15) is 16.7 Å². The number of carbonyl (C=O) groups is 1. The summed E-state index contributed by atoms with van der Waals surface area (Å²) in [5.41, 5.74) is 3.65. The number of hydrogen-bond donors (Lipinski definition) is 1. The summed E-state index contributed by atoms with van der Waals surface area (Å²) in [5.74, 6) is 0.201. The van der Waals surface area contributed by atoms with Crippen LogP contribution in [0.4, 0.5) is 5.69 Å². The fraction of sp³-hybridized carbons (Fsp3) is 0.0833. The number of aliphatic imine (C=N–C) groups is 1. The molecule has 4 nitrogen and oxygen atoms in total. The number of amides is 1. The van der Waals surface area contributed by atoms with Gasteiger partial charge in [0, 0.05) is 0 Å². The van der Waals surface area contributed by atoms with E-state index in [0.29, 0.717) is 38.0 Å². The zero-order chi connectivity index (χ0) is 21.8. The Morgan fingerprint density at radius 1 is 1.03 bits per heavy atom. The fourth-order valence-corrected chi connectivity index (χ4v) is 4.35. The predicted molar refractivity (Wildman–Crippen MR) is 129 cm³/mol. The molecule has 1 saturated heterocycles. The minimum Gasteiger partial charge on any atom is -0.486 e. The first kappa shape index (κ1) is 21.5. The van der Waals surface area contributed by atoms with Crippen molar-refractivity contribution in [3.8, 4) is 5.75 Å². The summed E-state index contributed by atoms with van der Waals surface area (Å²) in [6, 6.07) is 21.0. The van der Waals surface area contributed by atoms with Crippen LogP contribution in [0.3, 0.4) is 0 Å². The first-order valence-corrected chi connectivity index (χ1v) is 11.1. The highest BCUT2D eigenvalue weighted by Crippen LogP contribution is 2.36. The zero-order valence-corrected chi connectivity index (χ0v) is 18.9. The van der Waals surface area contributed by atoms with Crippen LogP contribution < -0.4 is 10.1 Å². The number of rotatable bonds is 5. The van der Waals surface area contributed by atoms with Crippen LogP contribution in [-0.4, -0.2) is 11.1 Å². The lowest BCUT2D eigenvalue weighted by atomic mass is 10.2. The van der Waals surface area contributed by atoms with E-state index in [9.17, 15) is 4.79 Å². The molecule has 0 atom stereocenters. The second-order valence-corrected chi connectivity index (χ2v) is 8.75. The average molecular weight is 469 g/mol. The largest absolute Gasteiger partial charge is 0.486 e. The summed E-state index contributed by atoms with van der Waals surface area (Å²) in [5, 5.41) is 4.07. The minimum atomic E-state index is -0.215. The Balaban J connectivity index is 1.50. The summed E-state index contributed by atoms with van der Waals surface area (Å²) in [4.78, 5) is 17.3. The summed E-state index contributed by atoms with van der Waals surface area (Å²) in [6.07, 6.45) is 1.73. The van der Waals surface area contributed by atoms with E-state index < -0.39 is 0 Å². The van der Waals surface area contributed by atoms with Crippen molar-refractivity contribution < 1.29 is 9.53 Å². The van der Waals surface area contributed by atoms with Gasteiger partial charge in [0.05, 0.1) is 20.6 Å². The molecule has 0 radical (unpaired) electrons. The second-order valence-electron chi connectivity index (χ2n) is 6.91. The van der Waals surface area contributed by atoms with Crippen molar-refractivity contribution in [2.75, 3.05) is 0 Å². The van der Waals surface area contributed by atoms with Gasteiger partial charge in [-0.3, -0.25) is 4.79 Å². The summed E-state index contributed by atoms with van der Waals surface area (Å²) < 4.78 is 5.80. The van der Waals surface area contributed by atoms with Gasteiger partial charge in [0.1, 0.15) is 6.61 Å². The lowest BCUT2D eigenvalue weighted by molar-refractivity contribution is -0.115. The fourth-order valence-electron chi connectivity index (χ4n) is 2.90. The number of thioether (sulfide) groups is 1. The predicted octanol–water partition coefficient (Wildman–Crippen LogP) is 6.77. The number of nitrogens with zero attached hydrogens (tertiary/aromatic N) is 1. The quantitative estimate of drug-likeness (QED) is 0.420. The molecule has 156 valence electrons. The Kier molecular flexibility index (Phi) is 6.66. The second kappa shape index (κ2) is 9.60. The van der Waals surface area contributed by atoms with Gasteiger partial charge >= 0.3 is 0 Å². The zero-order valence-electron chi connectivity index (χ0n) is 16.6. The maximum atomic E-state index is 12.4. The Bertz CT molecular complexity index is 1150. The molecule has 1 amide bonds. The molecule has 0 spiro atoms. The van der Waals surface area contributed by atoms with Crippen LogP contribution >= 0.6 is 35.0 Å². The van der Waals surface area contributed by atoms with Crippen molar-refractivity contribution in [2.45, 2.75) is 13.5 Å². The van der Waals surface area contributed by atoms with Gasteiger partial charge in [-0.1, -0.05) is 71.2 Å². The Hall–Kier alpha value is -2.73. The van der Waals surface area contributed by atoms with Crippen molar-refractivity contribution in [2.24, 2.45) is 4.99 Å². The monoisotopic (exact) mass is 468 g/mol. The van der Waals surface area contributed by atoms with Crippen molar-refractivity contribution in [3.63, 3.8) is 0 Å². The van der Waals surface area contributed by atoms with E-state index in [1.54, 1.807) is 18.2 Å². The molecule has 0 aromatic heterocycles. The number of ether oxygens (including phenoxy) is 1. The number of halogens is 2. The molecule has 0 aliphatic carbocycles. The van der Waals surface area contributed by atoms with E-state index in [2.05, 4.69) is 10.3 Å². The molecular weight excluding hydrogens is 451 g/mol. The van der Waals surface area contributed by atoms with Crippen molar-refractivity contribution in [1.29, 1.82) is 0 Å². The number of amidine groups is 1. The van der Waals surface area contributed by atoms with Crippen LogP contribution in [0.15, 0.2) is 76.6 Å². The average Bonchev–Trinajstić information content (AvgIpc) is 3.08. The van der Waals surface area contributed by atoms with Gasteiger partial charge < -0.3 is 10.1 Å². The van der Waals surface area contributed by atoms with E-state index in [1.807, 2.05) is 61.5 Å². The normalized spacial score (nSPS) is 16.0. The van der Waals surface area contributed by atoms with E-state index >= 15 is 0 Å². The van der Waals surface area contributed by atoms with Gasteiger partial charge in [-0.15, -0.1) is 0 Å². The lowest BCUT2D eigenvalue weighted by Crippen LogP contribution is -2.19. The molecule has 31 heavy (non-hydrogen) atoms. The number of hydrogen-bond acceptors (Lipinski definition) is 4. The number of benzene rings is 3. The molecule has 1 aliphatic heterocycles. The molecule has 1 N–H and O–H groups in total. The van der Waals surface area contributed by atoms with E-state index in [0.717, 1.165) is 16.8 Å². The van der Waals surface area contributed by atoms with E-state index in [4.69, 9.17) is 27.9 Å². The molecule has 1 fully saturated rings. The SMILES string of the molecule is Cc1ccc(N=C2NC(=O)C(=Cc3cc(Cl)c(OCc4ccccc4)c(Cl)c3)S2)cc1. The molecule has 0 saturated carbocycles. The van der Waals surface area contributed by atoms with Crippen molar-refractivity contribution in [1.82, 2.24) is 5.32 Å². The van der Waals surface area contributed by atoms with Gasteiger partial charge in [-0.2, -0.15) is 0 Å². The standard InChI is InChI=1S/C24H18Cl2N2O2S/c1-15-7-9-18(10-8-15)27-24-28-23(29)21(31-24)13-17-11-19(25)22(20(26)12-17)30-14-16-5-3-2-4-6-16/h2-13H,14H2,1H3,(H,27,28,29). The van der Waals surface area contributed by atoms with Crippen LogP contribution in [0, 0.1) is 6.92 Å². The van der Waals surface area contributed by atoms with E-state index in [-0.39, 0.29) is 5.91 Å². The van der Waals surface area contributed by atoms with Crippen LogP contribution in [0.5, 0.6) is 5.75 Å². The van der Waals surface area contributed by atoms with Crippen LogP contribution in [0.2, 0.25) is 10.0 Å². The maximum Gasteiger partial charge on any atom is 0.264 e. The third-order valence-electron chi connectivity index (χ3n) is 4.46. The van der Waals surface area contributed by atoms with Gasteiger partial charge in [0.2, 0.25) is 0 Å². The molecule has 0 unspecified atom stereocenters. The van der Waals surface area contributed by atoms with Gasteiger partial charge in [-0.05, 0) is 60.2 Å².